The van der Waals surface area contributed by atoms with Crippen molar-refractivity contribution in [3.05, 3.63) is 32.8 Å². The summed E-state index contributed by atoms with van der Waals surface area (Å²) >= 11 is 9.53. The number of halogens is 2. The van der Waals surface area contributed by atoms with Gasteiger partial charge in [-0.25, -0.2) is 0 Å². The lowest BCUT2D eigenvalue weighted by Gasteiger charge is -2.25. The van der Waals surface area contributed by atoms with Gasteiger partial charge in [0.05, 0.1) is 0 Å². The predicted molar refractivity (Wildman–Crippen MR) is 59.2 cm³/mol. The van der Waals surface area contributed by atoms with Crippen LogP contribution in [0, 0.1) is 0 Å². The van der Waals surface area contributed by atoms with Gasteiger partial charge in [0.1, 0.15) is 0 Å². The van der Waals surface area contributed by atoms with Gasteiger partial charge >= 0.3 is 0 Å². The highest BCUT2D eigenvalue weighted by Gasteiger charge is 2.15. The second-order valence-electron chi connectivity index (χ2n) is 3.51. The third kappa shape index (κ3) is 1.90. The molecular weight excluding hydrogens is 249 g/mol. The average molecular weight is 261 g/mol. The van der Waals surface area contributed by atoms with Crippen LogP contribution in [-0.2, 0) is 13.0 Å². The molecule has 70 valence electrons. The molecule has 1 heterocycles. The zero-order chi connectivity index (χ0) is 9.42. The van der Waals surface area contributed by atoms with E-state index in [0.29, 0.717) is 0 Å². The first kappa shape index (κ1) is 9.50. The SMILES string of the molecule is CN1CCc2c(Br)cc(Cl)cc2C1. The maximum atomic E-state index is 5.98. The lowest BCUT2D eigenvalue weighted by atomic mass is 10.0. The first-order chi connectivity index (χ1) is 6.16. The van der Waals surface area contributed by atoms with Crippen LogP contribution < -0.4 is 0 Å². The predicted octanol–water partition coefficient (Wildman–Crippen LogP) is 3.09. The van der Waals surface area contributed by atoms with Gasteiger partial charge in [-0.1, -0.05) is 27.5 Å². The first-order valence-corrected chi connectivity index (χ1v) is 5.49. The maximum absolute atomic E-state index is 5.98. The third-order valence-corrected chi connectivity index (χ3v) is 3.36. The highest BCUT2D eigenvalue weighted by atomic mass is 79.9. The fraction of sp³-hybridized carbons (Fsp3) is 0.400. The van der Waals surface area contributed by atoms with Gasteiger partial charge in [0.2, 0.25) is 0 Å². The molecule has 1 aliphatic rings. The molecule has 2 rings (SSSR count). The minimum absolute atomic E-state index is 0.820. The van der Waals surface area contributed by atoms with Crippen molar-refractivity contribution in [2.45, 2.75) is 13.0 Å². The topological polar surface area (TPSA) is 3.24 Å². The molecule has 1 aromatic carbocycles. The van der Waals surface area contributed by atoms with E-state index in [0.717, 1.165) is 29.0 Å². The van der Waals surface area contributed by atoms with Gasteiger partial charge < -0.3 is 4.90 Å². The summed E-state index contributed by atoms with van der Waals surface area (Å²) in [6.45, 7) is 2.14. The molecule has 0 saturated heterocycles. The highest BCUT2D eigenvalue weighted by molar-refractivity contribution is 9.10. The van der Waals surface area contributed by atoms with Gasteiger partial charge in [-0.3, -0.25) is 0 Å². The first-order valence-electron chi connectivity index (χ1n) is 4.32. The molecule has 0 saturated carbocycles. The van der Waals surface area contributed by atoms with E-state index >= 15 is 0 Å². The number of hydrogen-bond acceptors (Lipinski definition) is 1. The van der Waals surface area contributed by atoms with E-state index < -0.39 is 0 Å². The fourth-order valence-electron chi connectivity index (χ4n) is 1.75. The van der Waals surface area contributed by atoms with Gasteiger partial charge in [0.15, 0.2) is 0 Å². The fourth-order valence-corrected chi connectivity index (χ4v) is 2.82. The maximum Gasteiger partial charge on any atom is 0.0420 e. The minimum Gasteiger partial charge on any atom is -0.302 e. The van der Waals surface area contributed by atoms with Gasteiger partial charge in [-0.15, -0.1) is 0 Å². The van der Waals surface area contributed by atoms with Gasteiger partial charge in [-0.05, 0) is 36.7 Å². The summed E-state index contributed by atoms with van der Waals surface area (Å²) in [7, 11) is 2.14. The van der Waals surface area contributed by atoms with Crippen molar-refractivity contribution in [3.8, 4) is 0 Å². The summed E-state index contributed by atoms with van der Waals surface area (Å²) in [5.41, 5.74) is 2.77. The molecule has 0 amide bonds. The van der Waals surface area contributed by atoms with Crippen molar-refractivity contribution in [2.75, 3.05) is 13.6 Å². The van der Waals surface area contributed by atoms with Crippen LogP contribution in [0.25, 0.3) is 0 Å². The Balaban J connectivity index is 2.47. The monoisotopic (exact) mass is 259 g/mol. The molecule has 0 unspecified atom stereocenters. The summed E-state index contributed by atoms with van der Waals surface area (Å²) in [6.07, 6.45) is 1.11. The summed E-state index contributed by atoms with van der Waals surface area (Å²) in [6, 6.07) is 4.04. The van der Waals surface area contributed by atoms with E-state index in [9.17, 15) is 0 Å². The number of hydrogen-bond donors (Lipinski definition) is 0. The highest BCUT2D eigenvalue weighted by Crippen LogP contribution is 2.29. The Hall–Kier alpha value is -0.0500. The molecule has 3 heteroatoms. The Morgan fingerprint density at radius 1 is 1.46 bits per heavy atom. The van der Waals surface area contributed by atoms with Gasteiger partial charge in [0, 0.05) is 22.6 Å². The van der Waals surface area contributed by atoms with E-state index in [1.54, 1.807) is 0 Å². The molecule has 0 atom stereocenters. The lowest BCUT2D eigenvalue weighted by Crippen LogP contribution is -2.26. The second-order valence-corrected chi connectivity index (χ2v) is 4.80. The van der Waals surface area contributed by atoms with Crippen molar-refractivity contribution in [3.63, 3.8) is 0 Å². The van der Waals surface area contributed by atoms with Crippen LogP contribution in [0.4, 0.5) is 0 Å². The molecule has 0 aliphatic carbocycles. The van der Waals surface area contributed by atoms with E-state index in [-0.39, 0.29) is 0 Å². The number of nitrogens with zero attached hydrogens (tertiary/aromatic N) is 1. The van der Waals surface area contributed by atoms with Crippen molar-refractivity contribution >= 4 is 27.5 Å². The lowest BCUT2D eigenvalue weighted by molar-refractivity contribution is 0.312. The van der Waals surface area contributed by atoms with Crippen LogP contribution in [0.2, 0.25) is 5.02 Å². The smallest absolute Gasteiger partial charge is 0.0420 e. The normalized spacial score (nSPS) is 17.2. The van der Waals surface area contributed by atoms with Crippen molar-refractivity contribution in [1.82, 2.24) is 4.90 Å². The Morgan fingerprint density at radius 2 is 2.23 bits per heavy atom. The standard InChI is InChI=1S/C10H11BrClN/c1-13-3-2-9-7(6-13)4-8(12)5-10(9)11/h4-5H,2-3,6H2,1H3. The zero-order valence-electron chi connectivity index (χ0n) is 7.48. The summed E-state index contributed by atoms with van der Waals surface area (Å²) in [4.78, 5) is 2.31. The Kier molecular flexibility index (Phi) is 2.63. The quantitative estimate of drug-likeness (QED) is 0.693. The Bertz CT molecular complexity index is 338. The molecule has 13 heavy (non-hydrogen) atoms. The number of fused-ring (bicyclic) bond motifs is 1. The largest absolute Gasteiger partial charge is 0.302 e. The van der Waals surface area contributed by atoms with Crippen molar-refractivity contribution < 1.29 is 0 Å². The number of benzene rings is 1. The Labute approximate surface area is 91.8 Å². The van der Waals surface area contributed by atoms with Crippen LogP contribution in [0.3, 0.4) is 0 Å². The molecule has 0 fully saturated rings. The average Bonchev–Trinajstić information content (AvgIpc) is 2.02. The number of likely N-dealkylation sites (N-methyl/N-ethyl adjacent to an activating group) is 1. The molecule has 1 aliphatic heterocycles. The summed E-state index contributed by atoms with van der Waals surface area (Å²) in [5.74, 6) is 0. The van der Waals surface area contributed by atoms with Crippen LogP contribution in [0.15, 0.2) is 16.6 Å². The van der Waals surface area contributed by atoms with E-state index in [2.05, 4.69) is 33.9 Å². The molecule has 0 radical (unpaired) electrons. The zero-order valence-corrected chi connectivity index (χ0v) is 9.82. The van der Waals surface area contributed by atoms with Crippen molar-refractivity contribution in [1.29, 1.82) is 0 Å². The molecule has 1 nitrogen and oxygen atoms in total. The second kappa shape index (κ2) is 3.60. The third-order valence-electron chi connectivity index (χ3n) is 2.44. The summed E-state index contributed by atoms with van der Waals surface area (Å²) < 4.78 is 1.16. The van der Waals surface area contributed by atoms with Crippen LogP contribution >= 0.6 is 27.5 Å². The summed E-state index contributed by atoms with van der Waals surface area (Å²) in [5, 5.41) is 0.820. The van der Waals surface area contributed by atoms with E-state index in [1.807, 2.05) is 6.07 Å². The molecule has 1 aromatic rings. The number of rotatable bonds is 0. The molecule has 0 bridgehead atoms. The molecule has 0 aromatic heterocycles. The van der Waals surface area contributed by atoms with Crippen LogP contribution in [-0.4, -0.2) is 18.5 Å². The molecular formula is C10H11BrClN. The van der Waals surface area contributed by atoms with Crippen LogP contribution in [0.5, 0.6) is 0 Å². The molecule has 0 N–H and O–H groups in total. The Morgan fingerprint density at radius 3 is 3.00 bits per heavy atom. The van der Waals surface area contributed by atoms with Crippen LogP contribution in [0.1, 0.15) is 11.1 Å². The van der Waals surface area contributed by atoms with E-state index in [1.165, 1.54) is 11.1 Å². The van der Waals surface area contributed by atoms with Gasteiger partial charge in [0.25, 0.3) is 0 Å². The van der Waals surface area contributed by atoms with Crippen molar-refractivity contribution in [2.24, 2.45) is 0 Å². The molecule has 0 spiro atoms. The van der Waals surface area contributed by atoms with Gasteiger partial charge in [-0.2, -0.15) is 0 Å². The van der Waals surface area contributed by atoms with E-state index in [4.69, 9.17) is 11.6 Å². The minimum atomic E-state index is 0.820.